The second-order valence-corrected chi connectivity index (χ2v) is 4.33. The topological polar surface area (TPSA) is 112 Å². The fraction of sp³-hybridized carbons (Fsp3) is 0.833. The zero-order chi connectivity index (χ0) is 10.7. The van der Waals surface area contributed by atoms with E-state index in [0.29, 0.717) is 0 Å². The van der Waals surface area contributed by atoms with Crippen LogP contribution in [-0.4, -0.2) is 40.5 Å². The summed E-state index contributed by atoms with van der Waals surface area (Å²) < 4.78 is 28.7. The van der Waals surface area contributed by atoms with E-state index in [0.717, 1.165) is 6.92 Å². The van der Waals surface area contributed by atoms with Crippen LogP contribution in [0.1, 0.15) is 19.8 Å². The van der Waals surface area contributed by atoms with Crippen molar-refractivity contribution < 1.29 is 28.0 Å². The SMILES string of the molecule is CC(=O)C(O)(O)CCCS(=O)(=O)O. The van der Waals surface area contributed by atoms with Gasteiger partial charge in [0.15, 0.2) is 5.78 Å². The maximum absolute atomic E-state index is 10.5. The molecule has 0 atom stereocenters. The fourth-order valence-electron chi connectivity index (χ4n) is 0.677. The molecule has 0 amide bonds. The summed E-state index contributed by atoms with van der Waals surface area (Å²) in [4.78, 5) is 10.5. The molecule has 0 spiro atoms. The molecule has 0 aliphatic carbocycles. The van der Waals surface area contributed by atoms with E-state index in [2.05, 4.69) is 0 Å². The normalized spacial score (nSPS) is 12.9. The van der Waals surface area contributed by atoms with Gasteiger partial charge in [-0.2, -0.15) is 8.42 Å². The van der Waals surface area contributed by atoms with Gasteiger partial charge >= 0.3 is 0 Å². The summed E-state index contributed by atoms with van der Waals surface area (Å²) >= 11 is 0. The van der Waals surface area contributed by atoms with E-state index in [1.165, 1.54) is 0 Å². The predicted octanol–water partition coefficient (Wildman–Crippen LogP) is -1.08. The number of carbonyl (C=O) groups is 1. The molecule has 13 heavy (non-hydrogen) atoms. The lowest BCUT2D eigenvalue weighted by atomic mass is 10.1. The average Bonchev–Trinajstić information content (AvgIpc) is 1.82. The van der Waals surface area contributed by atoms with Gasteiger partial charge in [0, 0.05) is 13.3 Å². The van der Waals surface area contributed by atoms with Crippen molar-refractivity contribution in [3.05, 3.63) is 0 Å². The summed E-state index contributed by atoms with van der Waals surface area (Å²) in [6, 6.07) is 0. The lowest BCUT2D eigenvalue weighted by molar-refractivity contribution is -0.182. The van der Waals surface area contributed by atoms with Crippen LogP contribution < -0.4 is 0 Å². The summed E-state index contributed by atoms with van der Waals surface area (Å²) in [6.07, 6.45) is -0.604. The van der Waals surface area contributed by atoms with Crippen LogP contribution in [-0.2, 0) is 14.9 Å². The molecule has 78 valence electrons. The molecule has 0 saturated heterocycles. The third-order valence-electron chi connectivity index (χ3n) is 1.49. The molecule has 0 aliphatic rings. The molecule has 0 rings (SSSR count). The number of ketones is 1. The van der Waals surface area contributed by atoms with E-state index in [9.17, 15) is 13.2 Å². The van der Waals surface area contributed by atoms with Crippen LogP contribution in [0.15, 0.2) is 0 Å². The van der Waals surface area contributed by atoms with Crippen LogP contribution in [0, 0.1) is 0 Å². The maximum atomic E-state index is 10.5. The van der Waals surface area contributed by atoms with Crippen molar-refractivity contribution in [2.75, 3.05) is 5.75 Å². The summed E-state index contributed by atoms with van der Waals surface area (Å²) in [7, 11) is -4.11. The van der Waals surface area contributed by atoms with Crippen LogP contribution in [0.5, 0.6) is 0 Å². The molecule has 3 N–H and O–H groups in total. The first-order valence-corrected chi connectivity index (χ1v) is 5.17. The highest BCUT2D eigenvalue weighted by Crippen LogP contribution is 2.10. The van der Waals surface area contributed by atoms with Crippen LogP contribution in [0.4, 0.5) is 0 Å². The summed E-state index contributed by atoms with van der Waals surface area (Å²) in [5, 5.41) is 17.8. The molecule has 0 unspecified atom stereocenters. The Labute approximate surface area is 75.9 Å². The van der Waals surface area contributed by atoms with E-state index < -0.39 is 33.9 Å². The summed E-state index contributed by atoms with van der Waals surface area (Å²) in [5.41, 5.74) is 0. The molecule has 0 heterocycles. The number of Topliss-reactive ketones (excluding diaryl/α,β-unsaturated/α-hetero) is 1. The van der Waals surface area contributed by atoms with Gasteiger partial charge in [0.2, 0.25) is 5.79 Å². The van der Waals surface area contributed by atoms with Gasteiger partial charge in [0.1, 0.15) is 0 Å². The lowest BCUT2D eigenvalue weighted by Gasteiger charge is -2.16. The molecule has 0 bridgehead atoms. The standard InChI is InChI=1S/C6H12O6S/c1-5(7)6(8,9)3-2-4-13(10,11)12/h8-9H,2-4H2,1H3,(H,10,11,12). The summed E-state index contributed by atoms with van der Waals surface area (Å²) in [5.74, 6) is -3.95. The fourth-order valence-corrected chi connectivity index (χ4v) is 1.19. The second kappa shape index (κ2) is 4.14. The lowest BCUT2D eigenvalue weighted by Crippen LogP contribution is -2.36. The molecular weight excluding hydrogens is 200 g/mol. The molecule has 0 radical (unpaired) electrons. The van der Waals surface area contributed by atoms with Gasteiger partial charge in [-0.25, -0.2) is 0 Å². The Morgan fingerprint density at radius 3 is 2.15 bits per heavy atom. The minimum atomic E-state index is -4.11. The Morgan fingerprint density at radius 2 is 1.85 bits per heavy atom. The maximum Gasteiger partial charge on any atom is 0.264 e. The molecule has 0 aliphatic heterocycles. The molecule has 0 aromatic heterocycles. The zero-order valence-corrected chi connectivity index (χ0v) is 7.91. The minimum absolute atomic E-state index is 0.189. The quantitative estimate of drug-likeness (QED) is 0.395. The Balaban J connectivity index is 3.98. The highest BCUT2D eigenvalue weighted by atomic mass is 32.2. The Bertz CT molecular complexity index is 277. The van der Waals surface area contributed by atoms with Crippen molar-refractivity contribution in [1.29, 1.82) is 0 Å². The zero-order valence-electron chi connectivity index (χ0n) is 7.10. The first-order chi connectivity index (χ1) is 5.65. The highest BCUT2D eigenvalue weighted by Gasteiger charge is 2.28. The third-order valence-corrected chi connectivity index (χ3v) is 2.30. The van der Waals surface area contributed by atoms with Crippen molar-refractivity contribution in [3.63, 3.8) is 0 Å². The smallest absolute Gasteiger partial charge is 0.264 e. The van der Waals surface area contributed by atoms with Crippen LogP contribution in [0.2, 0.25) is 0 Å². The number of hydrogen-bond acceptors (Lipinski definition) is 5. The molecule has 0 aromatic carbocycles. The van der Waals surface area contributed by atoms with Crippen molar-refractivity contribution in [2.45, 2.75) is 25.6 Å². The van der Waals surface area contributed by atoms with Gasteiger partial charge in [-0.3, -0.25) is 9.35 Å². The van der Waals surface area contributed by atoms with Gasteiger partial charge < -0.3 is 10.2 Å². The Hall–Kier alpha value is -0.500. The predicted molar refractivity (Wildman–Crippen MR) is 43.5 cm³/mol. The Kier molecular flexibility index (Phi) is 3.98. The number of hydrogen-bond donors (Lipinski definition) is 3. The van der Waals surface area contributed by atoms with Gasteiger partial charge in [-0.15, -0.1) is 0 Å². The van der Waals surface area contributed by atoms with Gasteiger partial charge in [-0.05, 0) is 6.42 Å². The van der Waals surface area contributed by atoms with Crippen molar-refractivity contribution in [1.82, 2.24) is 0 Å². The number of aliphatic hydroxyl groups is 2. The molecule has 7 heteroatoms. The molecule has 0 aromatic rings. The molecule has 0 fully saturated rings. The molecular formula is C6H12O6S. The van der Waals surface area contributed by atoms with Gasteiger partial charge in [0.25, 0.3) is 10.1 Å². The molecule has 0 saturated carbocycles. The Morgan fingerprint density at radius 1 is 1.38 bits per heavy atom. The van der Waals surface area contributed by atoms with Gasteiger partial charge in [-0.1, -0.05) is 0 Å². The van der Waals surface area contributed by atoms with Crippen molar-refractivity contribution >= 4 is 15.9 Å². The van der Waals surface area contributed by atoms with Crippen LogP contribution >= 0.6 is 0 Å². The first kappa shape index (κ1) is 12.5. The van der Waals surface area contributed by atoms with Crippen molar-refractivity contribution in [3.8, 4) is 0 Å². The number of rotatable bonds is 5. The van der Waals surface area contributed by atoms with Crippen molar-refractivity contribution in [2.24, 2.45) is 0 Å². The van der Waals surface area contributed by atoms with E-state index in [-0.39, 0.29) is 6.42 Å². The summed E-state index contributed by atoms with van der Waals surface area (Å²) in [6.45, 7) is 0.980. The minimum Gasteiger partial charge on any atom is -0.360 e. The van der Waals surface area contributed by atoms with E-state index >= 15 is 0 Å². The van der Waals surface area contributed by atoms with E-state index in [1.807, 2.05) is 0 Å². The third kappa shape index (κ3) is 5.69. The molecule has 6 nitrogen and oxygen atoms in total. The van der Waals surface area contributed by atoms with Gasteiger partial charge in [0.05, 0.1) is 5.75 Å². The van der Waals surface area contributed by atoms with Crippen LogP contribution in [0.3, 0.4) is 0 Å². The average molecular weight is 212 g/mol. The van der Waals surface area contributed by atoms with Crippen LogP contribution in [0.25, 0.3) is 0 Å². The largest absolute Gasteiger partial charge is 0.360 e. The number of carbonyl (C=O) groups excluding carboxylic acids is 1. The second-order valence-electron chi connectivity index (χ2n) is 2.76. The van der Waals surface area contributed by atoms with E-state index in [1.54, 1.807) is 0 Å². The van der Waals surface area contributed by atoms with E-state index in [4.69, 9.17) is 14.8 Å². The first-order valence-electron chi connectivity index (χ1n) is 3.56. The highest BCUT2D eigenvalue weighted by molar-refractivity contribution is 7.85. The monoisotopic (exact) mass is 212 g/mol.